The van der Waals surface area contributed by atoms with E-state index in [-0.39, 0.29) is 18.6 Å². The van der Waals surface area contributed by atoms with Crippen molar-refractivity contribution in [1.29, 1.82) is 0 Å². The lowest BCUT2D eigenvalue weighted by atomic mass is 10.2. The third-order valence-electron chi connectivity index (χ3n) is 3.00. The molecular formula is C15H23NO5. The first-order valence-corrected chi connectivity index (χ1v) is 6.88. The molecule has 0 unspecified atom stereocenters. The summed E-state index contributed by atoms with van der Waals surface area (Å²) in [6.07, 6.45) is 0.310. The van der Waals surface area contributed by atoms with Crippen LogP contribution in [0.2, 0.25) is 0 Å². The van der Waals surface area contributed by atoms with Crippen molar-refractivity contribution in [1.82, 2.24) is 5.32 Å². The number of benzene rings is 1. The molecule has 21 heavy (non-hydrogen) atoms. The lowest BCUT2D eigenvalue weighted by Gasteiger charge is -2.14. The van der Waals surface area contributed by atoms with Gasteiger partial charge in [-0.15, -0.1) is 0 Å². The number of amides is 1. The van der Waals surface area contributed by atoms with Gasteiger partial charge in [-0.25, -0.2) is 0 Å². The molecule has 118 valence electrons. The zero-order chi connectivity index (χ0) is 15.7. The molecule has 0 saturated heterocycles. The van der Waals surface area contributed by atoms with Crippen molar-refractivity contribution < 1.29 is 24.1 Å². The van der Waals surface area contributed by atoms with Gasteiger partial charge in [0.05, 0.1) is 26.9 Å². The Balaban J connectivity index is 2.55. The number of aliphatic hydroxyl groups is 1. The number of aliphatic hydroxyl groups excluding tert-OH is 1. The van der Waals surface area contributed by atoms with Crippen molar-refractivity contribution in [2.45, 2.75) is 19.4 Å². The lowest BCUT2D eigenvalue weighted by Crippen LogP contribution is -2.29. The number of rotatable bonds is 9. The van der Waals surface area contributed by atoms with Gasteiger partial charge in [0.15, 0.2) is 11.5 Å². The molecule has 0 aliphatic rings. The van der Waals surface area contributed by atoms with Gasteiger partial charge in [0.25, 0.3) is 5.91 Å². The zero-order valence-electron chi connectivity index (χ0n) is 12.7. The fourth-order valence-corrected chi connectivity index (χ4v) is 1.89. The van der Waals surface area contributed by atoms with Gasteiger partial charge in [-0.05, 0) is 31.5 Å². The van der Waals surface area contributed by atoms with E-state index in [0.717, 1.165) is 0 Å². The van der Waals surface area contributed by atoms with Crippen LogP contribution >= 0.6 is 0 Å². The normalized spacial score (nSPS) is 11.8. The second-order valence-corrected chi connectivity index (χ2v) is 4.37. The highest BCUT2D eigenvalue weighted by Gasteiger charge is 2.12. The molecular weight excluding hydrogens is 274 g/mol. The summed E-state index contributed by atoms with van der Waals surface area (Å²) in [5.74, 6) is 0.877. The number of hydrogen-bond donors (Lipinski definition) is 2. The maximum atomic E-state index is 12.0. The molecule has 0 saturated carbocycles. The van der Waals surface area contributed by atoms with Crippen LogP contribution in [0.5, 0.6) is 11.5 Å². The van der Waals surface area contributed by atoms with E-state index in [9.17, 15) is 4.79 Å². The molecule has 0 fully saturated rings. The van der Waals surface area contributed by atoms with Crippen LogP contribution in [0.15, 0.2) is 18.2 Å². The van der Waals surface area contributed by atoms with E-state index in [1.807, 2.05) is 6.92 Å². The SMILES string of the molecule is CCO[C@H](CO)CCNC(=O)c1ccc(OC)c(OC)c1. The Kier molecular flexibility index (Phi) is 7.56. The highest BCUT2D eigenvalue weighted by atomic mass is 16.5. The summed E-state index contributed by atoms with van der Waals surface area (Å²) in [4.78, 5) is 12.0. The number of hydrogen-bond acceptors (Lipinski definition) is 5. The molecule has 0 aliphatic carbocycles. The fraction of sp³-hybridized carbons (Fsp3) is 0.533. The molecule has 1 aromatic carbocycles. The van der Waals surface area contributed by atoms with E-state index in [1.165, 1.54) is 7.11 Å². The highest BCUT2D eigenvalue weighted by Crippen LogP contribution is 2.27. The summed E-state index contributed by atoms with van der Waals surface area (Å²) in [5, 5.41) is 11.9. The van der Waals surface area contributed by atoms with Gasteiger partial charge in [0.1, 0.15) is 0 Å². The van der Waals surface area contributed by atoms with Crippen molar-refractivity contribution in [3.63, 3.8) is 0 Å². The molecule has 0 aromatic heterocycles. The second kappa shape index (κ2) is 9.20. The minimum Gasteiger partial charge on any atom is -0.493 e. The van der Waals surface area contributed by atoms with Crippen LogP contribution in [0, 0.1) is 0 Å². The Morgan fingerprint density at radius 3 is 2.57 bits per heavy atom. The average molecular weight is 297 g/mol. The Hall–Kier alpha value is -1.79. The van der Waals surface area contributed by atoms with Crippen molar-refractivity contribution in [2.75, 3.05) is 34.0 Å². The summed E-state index contributed by atoms with van der Waals surface area (Å²) in [6, 6.07) is 4.98. The first-order chi connectivity index (χ1) is 10.2. The van der Waals surface area contributed by atoms with Gasteiger partial charge in [-0.3, -0.25) is 4.79 Å². The molecule has 1 atom stereocenters. The predicted octanol–water partition coefficient (Wildman–Crippen LogP) is 1.22. The summed E-state index contributed by atoms with van der Waals surface area (Å²) < 4.78 is 15.6. The molecule has 6 nitrogen and oxygen atoms in total. The van der Waals surface area contributed by atoms with E-state index in [1.54, 1.807) is 25.3 Å². The first kappa shape index (κ1) is 17.3. The molecule has 1 aromatic rings. The smallest absolute Gasteiger partial charge is 0.251 e. The standard InChI is InChI=1S/C15H23NO5/c1-4-21-12(10-17)7-8-16-15(18)11-5-6-13(19-2)14(9-11)20-3/h5-6,9,12,17H,4,7-8,10H2,1-3H3,(H,16,18)/t12-/m0/s1. The molecule has 1 amide bonds. The van der Waals surface area contributed by atoms with Crippen LogP contribution in [0.3, 0.4) is 0 Å². The minimum atomic E-state index is -0.249. The van der Waals surface area contributed by atoms with E-state index < -0.39 is 0 Å². The quantitative estimate of drug-likeness (QED) is 0.716. The summed E-state index contributed by atoms with van der Waals surface area (Å²) in [7, 11) is 3.06. The van der Waals surface area contributed by atoms with E-state index in [2.05, 4.69) is 5.32 Å². The number of carbonyl (C=O) groups excluding carboxylic acids is 1. The van der Waals surface area contributed by atoms with Gasteiger partial charge in [-0.2, -0.15) is 0 Å². The van der Waals surface area contributed by atoms with Gasteiger partial charge in [-0.1, -0.05) is 0 Å². The second-order valence-electron chi connectivity index (χ2n) is 4.37. The summed E-state index contributed by atoms with van der Waals surface area (Å²) in [6.45, 7) is 2.78. The van der Waals surface area contributed by atoms with Crippen LogP contribution in [0.25, 0.3) is 0 Å². The van der Waals surface area contributed by atoms with Crippen molar-refractivity contribution in [3.8, 4) is 11.5 Å². The monoisotopic (exact) mass is 297 g/mol. The van der Waals surface area contributed by atoms with Crippen molar-refractivity contribution in [3.05, 3.63) is 23.8 Å². The van der Waals surface area contributed by atoms with E-state index in [4.69, 9.17) is 19.3 Å². The summed E-state index contributed by atoms with van der Waals surface area (Å²) in [5.41, 5.74) is 0.490. The minimum absolute atomic E-state index is 0.0555. The summed E-state index contributed by atoms with van der Waals surface area (Å²) >= 11 is 0. The van der Waals surface area contributed by atoms with Crippen molar-refractivity contribution in [2.24, 2.45) is 0 Å². The molecule has 2 N–H and O–H groups in total. The molecule has 0 heterocycles. The number of nitrogens with one attached hydrogen (secondary N) is 1. The lowest BCUT2D eigenvalue weighted by molar-refractivity contribution is 0.0154. The molecule has 0 bridgehead atoms. The maximum absolute atomic E-state index is 12.0. The molecule has 0 spiro atoms. The fourth-order valence-electron chi connectivity index (χ4n) is 1.89. The Bertz CT molecular complexity index is 450. The van der Waals surface area contributed by atoms with E-state index >= 15 is 0 Å². The largest absolute Gasteiger partial charge is 0.493 e. The predicted molar refractivity (Wildman–Crippen MR) is 79.0 cm³/mol. The van der Waals surface area contributed by atoms with Gasteiger partial charge >= 0.3 is 0 Å². The van der Waals surface area contributed by atoms with Crippen LogP contribution in [-0.4, -0.2) is 51.1 Å². The van der Waals surface area contributed by atoms with E-state index in [0.29, 0.717) is 36.6 Å². The van der Waals surface area contributed by atoms with Crippen LogP contribution in [0.4, 0.5) is 0 Å². The maximum Gasteiger partial charge on any atom is 0.251 e. The Labute approximate surface area is 125 Å². The van der Waals surface area contributed by atoms with Gasteiger partial charge in [0, 0.05) is 18.7 Å². The third kappa shape index (κ3) is 5.24. The Morgan fingerprint density at radius 2 is 2.00 bits per heavy atom. The molecule has 6 heteroatoms. The number of ether oxygens (including phenoxy) is 3. The van der Waals surface area contributed by atoms with Crippen molar-refractivity contribution >= 4 is 5.91 Å². The Morgan fingerprint density at radius 1 is 1.29 bits per heavy atom. The molecule has 0 aliphatic heterocycles. The zero-order valence-corrected chi connectivity index (χ0v) is 12.7. The number of carbonyl (C=O) groups is 1. The third-order valence-corrected chi connectivity index (χ3v) is 3.00. The van der Waals surface area contributed by atoms with Crippen LogP contribution in [-0.2, 0) is 4.74 Å². The molecule has 1 rings (SSSR count). The topological polar surface area (TPSA) is 77.0 Å². The highest BCUT2D eigenvalue weighted by molar-refractivity contribution is 5.94. The van der Waals surface area contributed by atoms with Crippen LogP contribution < -0.4 is 14.8 Å². The van der Waals surface area contributed by atoms with Crippen LogP contribution in [0.1, 0.15) is 23.7 Å². The van der Waals surface area contributed by atoms with Gasteiger partial charge in [0.2, 0.25) is 0 Å². The first-order valence-electron chi connectivity index (χ1n) is 6.88. The van der Waals surface area contributed by atoms with Gasteiger partial charge < -0.3 is 24.6 Å². The average Bonchev–Trinajstić information content (AvgIpc) is 2.53. The molecule has 0 radical (unpaired) electrons. The number of methoxy groups -OCH3 is 2.